The highest BCUT2D eigenvalue weighted by Crippen LogP contribution is 2.58. The van der Waals surface area contributed by atoms with Crippen LogP contribution in [0.1, 0.15) is 26.7 Å². The van der Waals surface area contributed by atoms with Crippen LogP contribution in [0.25, 0.3) is 11.3 Å². The van der Waals surface area contributed by atoms with Crippen molar-refractivity contribution in [3.63, 3.8) is 0 Å². The van der Waals surface area contributed by atoms with Gasteiger partial charge in [0, 0.05) is 23.1 Å². The van der Waals surface area contributed by atoms with Crippen LogP contribution < -0.4 is 4.80 Å². The standard InChI is InChI=1S/C25H24N4O2S/c1-25(2)19-12-11-18(22(25)14-19)15-26-28-23(17-7-6-10-21(13-17)29(30)31)16-32-24(28)27-20-8-4-3-5-9-20/h3-11,13,15-16,19,22H,12,14H2,1-2H3. The molecule has 7 heteroatoms. The van der Waals surface area contributed by atoms with E-state index in [9.17, 15) is 10.1 Å². The van der Waals surface area contributed by atoms with Gasteiger partial charge in [-0.2, -0.15) is 5.10 Å². The summed E-state index contributed by atoms with van der Waals surface area (Å²) in [4.78, 5) is 16.4. The second-order valence-electron chi connectivity index (χ2n) is 8.96. The van der Waals surface area contributed by atoms with E-state index in [-0.39, 0.29) is 10.6 Å². The molecule has 32 heavy (non-hydrogen) atoms. The van der Waals surface area contributed by atoms with E-state index in [4.69, 9.17) is 10.1 Å². The number of hydrogen-bond acceptors (Lipinski definition) is 5. The first-order chi connectivity index (χ1) is 15.4. The average Bonchev–Trinajstić information content (AvgIpc) is 3.20. The molecule has 2 unspecified atom stereocenters. The molecule has 3 aliphatic rings. The summed E-state index contributed by atoms with van der Waals surface area (Å²) < 4.78 is 1.80. The van der Waals surface area contributed by atoms with Gasteiger partial charge in [-0.15, -0.1) is 11.3 Å². The van der Waals surface area contributed by atoms with Gasteiger partial charge in [-0.3, -0.25) is 10.1 Å². The molecule has 6 nitrogen and oxygen atoms in total. The average molecular weight is 445 g/mol. The second kappa shape index (κ2) is 7.98. The van der Waals surface area contributed by atoms with Crippen LogP contribution in [0.5, 0.6) is 0 Å². The number of hydrogen-bond donors (Lipinski definition) is 0. The summed E-state index contributed by atoms with van der Waals surface area (Å²) in [7, 11) is 0. The molecule has 1 heterocycles. The highest BCUT2D eigenvalue weighted by atomic mass is 32.1. The first kappa shape index (κ1) is 20.6. The number of aromatic nitrogens is 1. The van der Waals surface area contributed by atoms with E-state index in [1.165, 1.54) is 29.4 Å². The fourth-order valence-corrected chi connectivity index (χ4v) is 5.60. The van der Waals surface area contributed by atoms with Crippen molar-refractivity contribution in [3.05, 3.63) is 86.5 Å². The molecule has 2 bridgehead atoms. The Balaban J connectivity index is 1.60. The third kappa shape index (κ3) is 3.62. The molecule has 1 aromatic heterocycles. The summed E-state index contributed by atoms with van der Waals surface area (Å²) in [5.74, 6) is 1.29. The zero-order valence-electron chi connectivity index (χ0n) is 18.0. The fraction of sp³-hybridized carbons (Fsp3) is 0.280. The summed E-state index contributed by atoms with van der Waals surface area (Å²) in [5, 5.41) is 18.1. The van der Waals surface area contributed by atoms with Crippen LogP contribution in [0.4, 0.5) is 11.4 Å². The molecule has 1 saturated carbocycles. The van der Waals surface area contributed by atoms with Crippen molar-refractivity contribution in [2.45, 2.75) is 26.7 Å². The monoisotopic (exact) mass is 444 g/mol. The summed E-state index contributed by atoms with van der Waals surface area (Å²) in [6, 6.07) is 16.4. The minimum atomic E-state index is -0.374. The van der Waals surface area contributed by atoms with Crippen molar-refractivity contribution in [2.75, 3.05) is 0 Å². The van der Waals surface area contributed by atoms with Crippen LogP contribution >= 0.6 is 11.3 Å². The number of allylic oxidation sites excluding steroid dienone is 2. The predicted molar refractivity (Wildman–Crippen MR) is 128 cm³/mol. The molecule has 0 N–H and O–H groups in total. The quantitative estimate of drug-likeness (QED) is 0.268. The summed E-state index contributed by atoms with van der Waals surface area (Å²) in [6.07, 6.45) is 6.58. The smallest absolute Gasteiger partial charge is 0.258 e. The number of nitro benzene ring substituents is 1. The number of thiazole rings is 1. The fourth-order valence-electron chi connectivity index (χ4n) is 4.75. The van der Waals surface area contributed by atoms with E-state index in [1.807, 2.05) is 48.0 Å². The van der Waals surface area contributed by atoms with Crippen LogP contribution in [0.15, 0.2) is 81.7 Å². The molecule has 0 saturated heterocycles. The highest BCUT2D eigenvalue weighted by Gasteiger charge is 2.50. The zero-order chi connectivity index (χ0) is 22.3. The van der Waals surface area contributed by atoms with Gasteiger partial charge in [-0.05, 0) is 47.8 Å². The maximum atomic E-state index is 11.3. The SMILES string of the molecule is CC1(C)C2CC=C(C=Nn3c(-c4cccc([N+](=O)[O-])c4)csc3=Nc3ccccc3)C1C2. The first-order valence-electron chi connectivity index (χ1n) is 10.7. The Morgan fingerprint density at radius 1 is 1.19 bits per heavy atom. The summed E-state index contributed by atoms with van der Waals surface area (Å²) in [6.45, 7) is 4.68. The molecule has 162 valence electrons. The van der Waals surface area contributed by atoms with Gasteiger partial charge < -0.3 is 0 Å². The minimum Gasteiger partial charge on any atom is -0.258 e. The maximum Gasteiger partial charge on any atom is 0.270 e. The molecule has 0 radical (unpaired) electrons. The van der Waals surface area contributed by atoms with Gasteiger partial charge in [0.2, 0.25) is 4.80 Å². The largest absolute Gasteiger partial charge is 0.270 e. The third-order valence-corrected chi connectivity index (χ3v) is 7.67. The maximum absolute atomic E-state index is 11.3. The molecule has 3 aliphatic carbocycles. The van der Waals surface area contributed by atoms with Crippen molar-refractivity contribution in [1.29, 1.82) is 0 Å². The van der Waals surface area contributed by atoms with Gasteiger partial charge in [-0.1, -0.05) is 50.3 Å². The third-order valence-electron chi connectivity index (χ3n) is 6.85. The molecular formula is C25H24N4O2S. The van der Waals surface area contributed by atoms with Crippen LogP contribution in [0, 0.1) is 27.4 Å². The van der Waals surface area contributed by atoms with Crippen molar-refractivity contribution in [3.8, 4) is 11.3 Å². The number of fused-ring (bicyclic) bond motifs is 1. The number of benzene rings is 2. The highest BCUT2D eigenvalue weighted by molar-refractivity contribution is 7.07. The van der Waals surface area contributed by atoms with E-state index in [0.29, 0.717) is 11.3 Å². The predicted octanol–water partition coefficient (Wildman–Crippen LogP) is 6.18. The van der Waals surface area contributed by atoms with Gasteiger partial charge in [0.05, 0.1) is 22.5 Å². The lowest BCUT2D eigenvalue weighted by atomic mass is 9.49. The number of para-hydroxylation sites is 1. The van der Waals surface area contributed by atoms with Crippen LogP contribution in [-0.2, 0) is 0 Å². The van der Waals surface area contributed by atoms with Crippen molar-refractivity contribution < 1.29 is 4.92 Å². The molecule has 0 amide bonds. The Hall–Kier alpha value is -3.32. The number of nitrogens with zero attached hydrogens (tertiary/aromatic N) is 4. The molecule has 0 aliphatic heterocycles. The van der Waals surface area contributed by atoms with E-state index in [0.717, 1.165) is 34.1 Å². The van der Waals surface area contributed by atoms with Gasteiger partial charge in [0.1, 0.15) is 0 Å². The van der Waals surface area contributed by atoms with Gasteiger partial charge in [0.15, 0.2) is 0 Å². The van der Waals surface area contributed by atoms with E-state index in [2.05, 4.69) is 19.9 Å². The van der Waals surface area contributed by atoms with E-state index in [1.54, 1.807) is 16.8 Å². The van der Waals surface area contributed by atoms with Crippen LogP contribution in [-0.4, -0.2) is 15.8 Å². The van der Waals surface area contributed by atoms with Crippen molar-refractivity contribution >= 4 is 28.9 Å². The molecule has 6 rings (SSSR count). The first-order valence-corrected chi connectivity index (χ1v) is 11.6. The van der Waals surface area contributed by atoms with E-state index >= 15 is 0 Å². The molecular weight excluding hydrogens is 420 g/mol. The summed E-state index contributed by atoms with van der Waals surface area (Å²) >= 11 is 1.47. The number of non-ortho nitro benzene ring substituents is 1. The Morgan fingerprint density at radius 2 is 2.00 bits per heavy atom. The normalized spacial score (nSPS) is 21.9. The molecule has 2 aromatic carbocycles. The second-order valence-corrected chi connectivity index (χ2v) is 9.80. The Kier molecular flexibility index (Phi) is 5.13. The molecule has 3 aromatic rings. The summed E-state index contributed by atoms with van der Waals surface area (Å²) in [5.41, 5.74) is 4.00. The lowest BCUT2D eigenvalue weighted by Crippen LogP contribution is -2.48. The van der Waals surface area contributed by atoms with Crippen molar-refractivity contribution in [1.82, 2.24) is 4.68 Å². The van der Waals surface area contributed by atoms with Crippen LogP contribution in [0.3, 0.4) is 0 Å². The Morgan fingerprint density at radius 3 is 2.72 bits per heavy atom. The zero-order valence-corrected chi connectivity index (χ0v) is 18.8. The lowest BCUT2D eigenvalue weighted by Gasteiger charge is -2.55. The number of rotatable bonds is 5. The van der Waals surface area contributed by atoms with Gasteiger partial charge in [0.25, 0.3) is 5.69 Å². The minimum absolute atomic E-state index is 0.0584. The molecule has 1 fully saturated rings. The van der Waals surface area contributed by atoms with E-state index < -0.39 is 0 Å². The van der Waals surface area contributed by atoms with Crippen LogP contribution in [0.2, 0.25) is 0 Å². The molecule has 0 spiro atoms. The van der Waals surface area contributed by atoms with Crippen molar-refractivity contribution in [2.24, 2.45) is 27.3 Å². The Labute approximate surface area is 190 Å². The van der Waals surface area contributed by atoms with Gasteiger partial charge in [-0.25, -0.2) is 9.67 Å². The topological polar surface area (TPSA) is 72.8 Å². The van der Waals surface area contributed by atoms with Gasteiger partial charge >= 0.3 is 0 Å². The lowest BCUT2D eigenvalue weighted by molar-refractivity contribution is -0.384. The Bertz CT molecular complexity index is 1300. The number of nitro groups is 1. The molecule has 2 atom stereocenters.